The van der Waals surface area contributed by atoms with Crippen LogP contribution < -0.4 is 5.73 Å². The third-order valence-electron chi connectivity index (χ3n) is 1.13. The molecule has 0 fully saturated rings. The van der Waals surface area contributed by atoms with Crippen molar-refractivity contribution in [2.75, 3.05) is 6.67 Å². The molecule has 0 heterocycles. The molecule has 0 aromatic rings. The van der Waals surface area contributed by atoms with Gasteiger partial charge in [0.2, 0.25) is 0 Å². The van der Waals surface area contributed by atoms with E-state index in [1.807, 2.05) is 0 Å². The number of halogens is 5. The molecule has 0 amide bonds. The van der Waals surface area contributed by atoms with E-state index in [1.165, 1.54) is 0 Å². The smallest absolute Gasteiger partial charge is 0.272 e. The van der Waals surface area contributed by atoms with E-state index in [0.717, 1.165) is 0 Å². The summed E-state index contributed by atoms with van der Waals surface area (Å²) in [6, 6.07) is -1.81. The number of nitrogens with two attached hydrogens (primary N) is 1. The number of rotatable bonds is 4. The first-order chi connectivity index (χ1) is 5.00. The third-order valence-corrected chi connectivity index (χ3v) is 1.13. The van der Waals surface area contributed by atoms with Crippen molar-refractivity contribution >= 4 is 0 Å². The summed E-state index contributed by atoms with van der Waals surface area (Å²) in [7, 11) is 0. The van der Waals surface area contributed by atoms with Gasteiger partial charge in [0.05, 0.1) is 6.04 Å². The Morgan fingerprint density at radius 1 is 1.00 bits per heavy atom. The van der Waals surface area contributed by atoms with E-state index in [0.29, 0.717) is 0 Å². The van der Waals surface area contributed by atoms with Gasteiger partial charge in [-0.3, -0.25) is 0 Å². The van der Waals surface area contributed by atoms with Crippen molar-refractivity contribution < 1.29 is 22.0 Å². The third kappa shape index (κ3) is 3.00. The summed E-state index contributed by atoms with van der Waals surface area (Å²) in [4.78, 5) is 0. The summed E-state index contributed by atoms with van der Waals surface area (Å²) in [5.41, 5.74) is 4.63. The Morgan fingerprint density at radius 2 is 1.45 bits per heavy atom. The van der Waals surface area contributed by atoms with Gasteiger partial charge in [-0.1, -0.05) is 0 Å². The fraction of sp³-hybridized carbons (Fsp3) is 1.00. The highest BCUT2D eigenvalue weighted by Crippen LogP contribution is 2.15. The van der Waals surface area contributed by atoms with Crippen molar-refractivity contribution in [3.05, 3.63) is 0 Å². The Bertz CT molecular complexity index is 109. The highest BCUT2D eigenvalue weighted by molar-refractivity contribution is 4.80. The van der Waals surface area contributed by atoms with Crippen LogP contribution in [0.4, 0.5) is 22.0 Å². The van der Waals surface area contributed by atoms with Crippen molar-refractivity contribution in [2.45, 2.75) is 24.8 Å². The largest absolute Gasteiger partial charge is 0.323 e. The Kier molecular flexibility index (Phi) is 4.32. The molecular weight excluding hydrogens is 169 g/mol. The normalized spacial score (nSPS) is 19.9. The highest BCUT2D eigenvalue weighted by atomic mass is 19.3. The van der Waals surface area contributed by atoms with Gasteiger partial charge >= 0.3 is 0 Å². The highest BCUT2D eigenvalue weighted by Gasteiger charge is 2.34. The fourth-order valence-corrected chi connectivity index (χ4v) is 0.460. The first-order valence-corrected chi connectivity index (χ1v) is 2.88. The van der Waals surface area contributed by atoms with Gasteiger partial charge in [-0.25, -0.2) is 22.0 Å². The van der Waals surface area contributed by atoms with Crippen LogP contribution in [-0.4, -0.2) is 31.5 Å². The van der Waals surface area contributed by atoms with Crippen LogP contribution in [0.15, 0.2) is 0 Å². The minimum absolute atomic E-state index is 1.35. The summed E-state index contributed by atoms with van der Waals surface area (Å²) in [6.45, 7) is -1.35. The lowest BCUT2D eigenvalue weighted by atomic mass is 10.1. The maximum atomic E-state index is 12.2. The van der Waals surface area contributed by atoms with Crippen molar-refractivity contribution in [2.24, 2.45) is 5.73 Å². The van der Waals surface area contributed by atoms with Gasteiger partial charge in [-0.2, -0.15) is 0 Å². The molecule has 0 aliphatic heterocycles. The molecule has 0 spiro atoms. The summed E-state index contributed by atoms with van der Waals surface area (Å²) in [5, 5.41) is 0. The van der Waals surface area contributed by atoms with Gasteiger partial charge in [0, 0.05) is 0 Å². The van der Waals surface area contributed by atoms with Crippen molar-refractivity contribution in [1.82, 2.24) is 0 Å². The zero-order valence-electron chi connectivity index (χ0n) is 5.48. The lowest BCUT2D eigenvalue weighted by molar-refractivity contribution is -0.00644. The van der Waals surface area contributed by atoms with Crippen LogP contribution in [0.25, 0.3) is 0 Å². The molecule has 3 unspecified atom stereocenters. The summed E-state index contributed by atoms with van der Waals surface area (Å²) >= 11 is 0. The lowest BCUT2D eigenvalue weighted by Gasteiger charge is -2.16. The fourth-order valence-electron chi connectivity index (χ4n) is 0.460. The van der Waals surface area contributed by atoms with Crippen LogP contribution in [0.1, 0.15) is 0 Å². The van der Waals surface area contributed by atoms with E-state index < -0.39 is 31.5 Å². The molecule has 1 nitrogen and oxygen atoms in total. The van der Waals surface area contributed by atoms with Crippen LogP contribution in [0.2, 0.25) is 0 Å². The average Bonchev–Trinajstić information content (AvgIpc) is 2.00. The van der Waals surface area contributed by atoms with Crippen molar-refractivity contribution in [1.29, 1.82) is 0 Å². The molecule has 68 valence electrons. The van der Waals surface area contributed by atoms with Gasteiger partial charge in [-0.15, -0.1) is 0 Å². The van der Waals surface area contributed by atoms with E-state index in [9.17, 15) is 22.0 Å². The monoisotopic (exact) mass is 177 g/mol. The molecule has 3 atom stereocenters. The molecule has 0 aliphatic carbocycles. The molecular formula is C5H8F5N. The first kappa shape index (κ1) is 10.6. The lowest BCUT2D eigenvalue weighted by Crippen LogP contribution is -2.42. The van der Waals surface area contributed by atoms with Crippen LogP contribution in [0.5, 0.6) is 0 Å². The van der Waals surface area contributed by atoms with Crippen molar-refractivity contribution in [3.63, 3.8) is 0 Å². The number of hydrogen-bond acceptors (Lipinski definition) is 1. The van der Waals surface area contributed by atoms with E-state index in [2.05, 4.69) is 5.73 Å². The second kappa shape index (κ2) is 4.48. The Morgan fingerprint density at radius 3 is 1.73 bits per heavy atom. The quantitative estimate of drug-likeness (QED) is 0.642. The summed E-state index contributed by atoms with van der Waals surface area (Å²) in [6.07, 6.45) is -9.09. The van der Waals surface area contributed by atoms with E-state index >= 15 is 0 Å². The van der Waals surface area contributed by atoms with Crippen LogP contribution in [-0.2, 0) is 0 Å². The van der Waals surface area contributed by atoms with Gasteiger partial charge < -0.3 is 5.73 Å². The molecule has 0 saturated heterocycles. The molecule has 0 aromatic heterocycles. The summed E-state index contributed by atoms with van der Waals surface area (Å²) < 4.78 is 58.5. The van der Waals surface area contributed by atoms with Gasteiger partial charge in [0.25, 0.3) is 6.43 Å². The zero-order valence-corrected chi connectivity index (χ0v) is 5.48. The molecule has 0 bridgehead atoms. The summed E-state index contributed by atoms with van der Waals surface area (Å²) in [5.74, 6) is 0. The predicted molar refractivity (Wildman–Crippen MR) is 29.7 cm³/mol. The van der Waals surface area contributed by atoms with Crippen LogP contribution >= 0.6 is 0 Å². The predicted octanol–water partition coefficient (Wildman–Crippen LogP) is 1.22. The second-order valence-corrected chi connectivity index (χ2v) is 2.04. The van der Waals surface area contributed by atoms with E-state index in [-0.39, 0.29) is 0 Å². The number of alkyl halides is 5. The van der Waals surface area contributed by atoms with Crippen LogP contribution in [0, 0.1) is 0 Å². The van der Waals surface area contributed by atoms with Crippen LogP contribution in [0.3, 0.4) is 0 Å². The van der Waals surface area contributed by atoms with Gasteiger partial charge in [-0.05, 0) is 0 Å². The maximum absolute atomic E-state index is 12.2. The molecule has 0 radical (unpaired) electrons. The number of hydrogen-bond donors (Lipinski definition) is 1. The molecule has 0 saturated carbocycles. The molecule has 0 aromatic carbocycles. The maximum Gasteiger partial charge on any atom is 0.272 e. The van der Waals surface area contributed by atoms with Gasteiger partial charge in [0.1, 0.15) is 6.67 Å². The molecule has 6 heteroatoms. The SMILES string of the molecule is NC(CF)C(F)C(F)C(F)F. The minimum atomic E-state index is -3.46. The molecule has 0 aliphatic rings. The minimum Gasteiger partial charge on any atom is -0.323 e. The Labute approximate surface area is 60.4 Å². The first-order valence-electron chi connectivity index (χ1n) is 2.88. The Hall–Kier alpha value is -0.390. The molecule has 11 heavy (non-hydrogen) atoms. The average molecular weight is 177 g/mol. The standard InChI is InChI=1S/C5H8F5N/c6-1-2(11)3(7)4(8)5(9)10/h2-5H,1,11H2. The Balaban J connectivity index is 3.90. The van der Waals surface area contributed by atoms with Crippen molar-refractivity contribution in [3.8, 4) is 0 Å². The zero-order chi connectivity index (χ0) is 9.02. The molecule has 2 N–H and O–H groups in total. The topological polar surface area (TPSA) is 26.0 Å². The van der Waals surface area contributed by atoms with Gasteiger partial charge in [0.15, 0.2) is 12.3 Å². The van der Waals surface area contributed by atoms with E-state index in [1.54, 1.807) is 0 Å². The molecule has 0 rings (SSSR count). The second-order valence-electron chi connectivity index (χ2n) is 2.04. The van der Waals surface area contributed by atoms with E-state index in [4.69, 9.17) is 0 Å².